The van der Waals surface area contributed by atoms with Crippen LogP contribution in [0.3, 0.4) is 0 Å². The third-order valence-electron chi connectivity index (χ3n) is 4.66. The normalized spacial score (nSPS) is 14.4. The van der Waals surface area contributed by atoms with Crippen LogP contribution in [-0.2, 0) is 16.0 Å². The molecule has 0 saturated carbocycles. The van der Waals surface area contributed by atoms with Gasteiger partial charge >= 0.3 is 0 Å². The van der Waals surface area contributed by atoms with Gasteiger partial charge in [-0.2, -0.15) is 10.4 Å². The van der Waals surface area contributed by atoms with E-state index in [1.807, 2.05) is 12.2 Å². The number of rotatable bonds is 6. The summed E-state index contributed by atoms with van der Waals surface area (Å²) < 4.78 is 5.84. The van der Waals surface area contributed by atoms with Gasteiger partial charge in [0.2, 0.25) is 18.0 Å². The molecule has 3 rings (SSSR count). The Morgan fingerprint density at radius 1 is 1.47 bits per heavy atom. The van der Waals surface area contributed by atoms with Crippen LogP contribution in [0.5, 0.6) is 11.6 Å². The summed E-state index contributed by atoms with van der Waals surface area (Å²) >= 11 is 11.0. The molecule has 10 nitrogen and oxygen atoms in total. The summed E-state index contributed by atoms with van der Waals surface area (Å²) in [5, 5.41) is 22.7. The zero-order chi connectivity index (χ0) is 23.8. The second-order valence-electron chi connectivity index (χ2n) is 6.58. The molecule has 0 spiro atoms. The van der Waals surface area contributed by atoms with Crippen molar-refractivity contribution in [3.05, 3.63) is 44.7 Å². The number of nitrogens with zero attached hydrogens (tertiary/aromatic N) is 4. The van der Waals surface area contributed by atoms with Gasteiger partial charge in [0.1, 0.15) is 11.8 Å². The molecular weight excluding hydrogens is 459 g/mol. The van der Waals surface area contributed by atoms with Crippen molar-refractivity contribution in [2.45, 2.75) is 25.7 Å². The average molecular weight is 479 g/mol. The van der Waals surface area contributed by atoms with Gasteiger partial charge in [-0.15, -0.1) is 16.7 Å². The van der Waals surface area contributed by atoms with Gasteiger partial charge in [0.15, 0.2) is 0 Å². The summed E-state index contributed by atoms with van der Waals surface area (Å²) in [6.45, 7) is 1.98. The summed E-state index contributed by atoms with van der Waals surface area (Å²) in [6.07, 6.45) is 3.17. The van der Waals surface area contributed by atoms with E-state index >= 15 is 0 Å². The monoisotopic (exact) mass is 478 g/mol. The van der Waals surface area contributed by atoms with Gasteiger partial charge in [0, 0.05) is 24.6 Å². The highest BCUT2D eigenvalue weighted by Crippen LogP contribution is 2.38. The Kier molecular flexibility index (Phi) is 8.75. The van der Waals surface area contributed by atoms with Gasteiger partial charge in [-0.3, -0.25) is 24.7 Å². The van der Waals surface area contributed by atoms with E-state index in [0.717, 1.165) is 12.0 Å². The number of ether oxygens (including phenoxy) is 1. The Morgan fingerprint density at radius 3 is 2.81 bits per heavy atom. The highest BCUT2D eigenvalue weighted by molar-refractivity contribution is 6.46. The fourth-order valence-electron chi connectivity index (χ4n) is 3.16. The number of nitrogens with one attached hydrogen (secondary N) is 2. The molecule has 0 saturated heterocycles. The van der Waals surface area contributed by atoms with Crippen LogP contribution in [0.4, 0.5) is 5.69 Å². The molecule has 2 amide bonds. The zero-order valence-electron chi connectivity index (χ0n) is 17.5. The second-order valence-corrected chi connectivity index (χ2v) is 6.99. The van der Waals surface area contributed by atoms with Crippen molar-refractivity contribution < 1.29 is 14.3 Å². The van der Waals surface area contributed by atoms with Gasteiger partial charge in [0.05, 0.1) is 10.7 Å². The van der Waals surface area contributed by atoms with Gasteiger partial charge in [-0.1, -0.05) is 18.5 Å². The van der Waals surface area contributed by atoms with Crippen molar-refractivity contribution >= 4 is 46.9 Å². The fraction of sp³-hybridized carbons (Fsp3) is 0.300. The van der Waals surface area contributed by atoms with Crippen molar-refractivity contribution in [3.8, 4) is 17.7 Å². The van der Waals surface area contributed by atoms with Crippen LogP contribution in [0.15, 0.2) is 28.1 Å². The van der Waals surface area contributed by atoms with E-state index in [1.165, 1.54) is 24.5 Å². The van der Waals surface area contributed by atoms with Crippen molar-refractivity contribution in [2.75, 3.05) is 18.4 Å². The number of benzene rings is 1. The maximum absolute atomic E-state index is 12.0. The Morgan fingerprint density at radius 2 is 2.19 bits per heavy atom. The lowest BCUT2D eigenvalue weighted by Crippen LogP contribution is -2.30. The van der Waals surface area contributed by atoms with E-state index in [1.54, 1.807) is 18.2 Å². The number of aromatic amines is 1. The molecule has 2 aromatic rings. The first-order chi connectivity index (χ1) is 15.3. The first-order valence-corrected chi connectivity index (χ1v) is 10.4. The molecule has 1 aliphatic rings. The molecule has 12 heteroatoms. The van der Waals surface area contributed by atoms with E-state index in [0.29, 0.717) is 29.3 Å². The molecule has 0 fully saturated rings. The predicted molar refractivity (Wildman–Crippen MR) is 121 cm³/mol. The number of imide groups is 1. The Hall–Kier alpha value is -3.42. The summed E-state index contributed by atoms with van der Waals surface area (Å²) in [5.41, 5.74) is 1.21. The maximum Gasteiger partial charge on any atom is 0.288 e. The highest BCUT2D eigenvalue weighted by Gasteiger charge is 2.27. The smallest absolute Gasteiger partial charge is 0.288 e. The topological polar surface area (TPSA) is 141 Å². The molecule has 1 atom stereocenters. The van der Waals surface area contributed by atoms with Crippen LogP contribution in [0.25, 0.3) is 0 Å². The number of carbonyl (C=O) groups excluding carboxylic acids is 2. The zero-order valence-corrected chi connectivity index (χ0v) is 19.0. The third-order valence-corrected chi connectivity index (χ3v) is 4.96. The SMILES string of the molecule is CC1CCc2c(Oc3ccc(N(C)/N=C(/C#N)C(=O)NC=O)cc3Cl)n[nH]c(=O)c21.CCl. The number of fused-ring (bicyclic) bond motifs is 1. The lowest BCUT2D eigenvalue weighted by Gasteiger charge is -2.15. The standard InChI is InChI=1S/C19H17ClN6O4.CH3Cl/c1-10-3-5-12-16(10)18(29)23-24-19(12)30-15-6-4-11(7-13(15)20)26(2)25-14(8-21)17(28)22-9-27;1-2/h4,6-7,9-10H,3,5H2,1-2H3,(H,23,29)(H,22,27,28);1H3/b25-14-;. The minimum Gasteiger partial charge on any atom is -0.436 e. The number of hydrogen-bond acceptors (Lipinski definition) is 8. The van der Waals surface area contributed by atoms with E-state index in [4.69, 9.17) is 21.6 Å². The first-order valence-electron chi connectivity index (χ1n) is 9.29. The minimum atomic E-state index is -0.919. The van der Waals surface area contributed by atoms with E-state index < -0.39 is 11.6 Å². The Balaban J connectivity index is 0.00000176. The molecule has 168 valence electrons. The van der Waals surface area contributed by atoms with Crippen LogP contribution in [0, 0.1) is 11.3 Å². The molecule has 1 unspecified atom stereocenters. The summed E-state index contributed by atoms with van der Waals surface area (Å²) in [7, 11) is 1.51. The van der Waals surface area contributed by atoms with Gasteiger partial charge in [0.25, 0.3) is 11.5 Å². The number of hydrazone groups is 1. The molecule has 32 heavy (non-hydrogen) atoms. The molecule has 0 radical (unpaired) electrons. The molecule has 0 bridgehead atoms. The van der Waals surface area contributed by atoms with Crippen molar-refractivity contribution in [2.24, 2.45) is 5.10 Å². The lowest BCUT2D eigenvalue weighted by atomic mass is 10.1. The van der Waals surface area contributed by atoms with Crippen LogP contribution >= 0.6 is 23.2 Å². The van der Waals surface area contributed by atoms with Gasteiger partial charge in [-0.25, -0.2) is 5.10 Å². The van der Waals surface area contributed by atoms with E-state index in [9.17, 15) is 14.4 Å². The van der Waals surface area contributed by atoms with Crippen LogP contribution in [0.2, 0.25) is 5.02 Å². The number of aromatic nitrogens is 2. The number of alkyl halides is 1. The summed E-state index contributed by atoms with van der Waals surface area (Å²) in [6, 6.07) is 6.35. The van der Waals surface area contributed by atoms with Crippen LogP contribution in [0.1, 0.15) is 30.4 Å². The highest BCUT2D eigenvalue weighted by atomic mass is 35.5. The van der Waals surface area contributed by atoms with Crippen molar-refractivity contribution in [3.63, 3.8) is 0 Å². The number of hydrogen-bond donors (Lipinski definition) is 2. The summed E-state index contributed by atoms with van der Waals surface area (Å²) in [4.78, 5) is 34.0. The summed E-state index contributed by atoms with van der Waals surface area (Å²) in [5.74, 6) is -0.174. The number of nitriles is 1. The molecule has 0 aliphatic heterocycles. The number of halogens is 2. The third kappa shape index (κ3) is 5.43. The lowest BCUT2D eigenvalue weighted by molar-refractivity contribution is -0.120. The predicted octanol–water partition coefficient (Wildman–Crippen LogP) is 2.71. The van der Waals surface area contributed by atoms with Crippen molar-refractivity contribution in [1.29, 1.82) is 5.26 Å². The van der Waals surface area contributed by atoms with Crippen molar-refractivity contribution in [1.82, 2.24) is 15.5 Å². The molecule has 1 heterocycles. The average Bonchev–Trinajstić information content (AvgIpc) is 3.19. The largest absolute Gasteiger partial charge is 0.436 e. The number of H-pyrrole nitrogens is 1. The minimum absolute atomic E-state index is 0.129. The quantitative estimate of drug-likeness (QED) is 0.281. The molecule has 1 aromatic heterocycles. The number of carbonyl (C=O) groups is 2. The molecular formula is C20H20Cl2N6O4. The molecule has 1 aromatic carbocycles. The van der Waals surface area contributed by atoms with Gasteiger partial charge in [-0.05, 0) is 37.0 Å². The first kappa shape index (κ1) is 24.8. The Bertz CT molecular complexity index is 1140. The van der Waals surface area contributed by atoms with Crippen LogP contribution < -0.4 is 20.6 Å². The molecule has 2 N–H and O–H groups in total. The van der Waals surface area contributed by atoms with E-state index in [2.05, 4.69) is 26.9 Å². The maximum atomic E-state index is 12.0. The Labute approximate surface area is 193 Å². The van der Waals surface area contributed by atoms with Gasteiger partial charge < -0.3 is 4.74 Å². The fourth-order valence-corrected chi connectivity index (χ4v) is 3.37. The van der Waals surface area contributed by atoms with Crippen LogP contribution in [-0.4, -0.2) is 41.7 Å². The molecule has 1 aliphatic carbocycles. The van der Waals surface area contributed by atoms with E-state index in [-0.39, 0.29) is 22.9 Å². The number of amides is 2. The second kappa shape index (κ2) is 11.3. The number of anilines is 1.